The minimum Gasteiger partial charge on any atom is -0.508 e. The zero-order valence-electron chi connectivity index (χ0n) is 51.9. The van der Waals surface area contributed by atoms with E-state index in [0.717, 1.165) is 19.9 Å². The number of rotatable bonds is 16. The number of carbonyl (C=O) groups excluding carboxylic acids is 8. The van der Waals surface area contributed by atoms with Crippen molar-refractivity contribution < 1.29 is 96.4 Å². The van der Waals surface area contributed by atoms with E-state index in [1.807, 2.05) is 0 Å². The number of nitrogens with one attached hydrogen (secondary N) is 2. The van der Waals surface area contributed by atoms with Crippen LogP contribution >= 0.6 is 0 Å². The van der Waals surface area contributed by atoms with Crippen molar-refractivity contribution in [3.63, 3.8) is 0 Å². The number of aliphatic hydroxyl groups excluding tert-OH is 1. The number of phenols is 1. The number of aliphatic hydroxyl groups is 2. The van der Waals surface area contributed by atoms with Gasteiger partial charge >= 0.3 is 35.8 Å². The average Bonchev–Trinajstić information content (AvgIpc) is 0.668. The number of amides is 2. The first-order valence-electron chi connectivity index (χ1n) is 30.2. The maximum absolute atomic E-state index is 16.6. The molecule has 0 unspecified atom stereocenters. The molecule has 11 rings (SSSR count). The van der Waals surface area contributed by atoms with Crippen LogP contribution < -0.4 is 16.1 Å². The highest BCUT2D eigenvalue weighted by Gasteiger charge is 2.79. The zero-order valence-corrected chi connectivity index (χ0v) is 51.9. The molecule has 6 aliphatic rings. The molecular formula is C71H66N2O21. The van der Waals surface area contributed by atoms with Gasteiger partial charge in [0.2, 0.25) is 0 Å². The predicted molar refractivity (Wildman–Crippen MR) is 332 cm³/mol. The fourth-order valence-electron chi connectivity index (χ4n) is 14.1. The standard InChI is InChI=1S/C71H66N2O21/c1-35-51(91-67(86)57(78)56(39-17-11-8-12-18-39)73-62(80)40-19-13-9-14-20-40)33-71(87)61(93-66(85)41-21-15-10-16-22-41)59-69(7,60(79)58(89-37(3)74)55(35)68(71,5)6)52(32-53-70(59,34-88-53)94-38(4)75)92-65(84)36(2)72-63(81)42-23-26-45(48(29-42)64(82)83)54-46-27-24-43(76)30-49(46)90-50-31-44(77)25-28-47(50)54/h8-31,36,51-53,56-59,61,76,78,87H,32-34H2,1-7H3,(H,72,81)(H,73,80)(H,82,83)/t36-,51-,52+,53+,56-,57+,58+,59-,61-,69+,70-,71+/m0/s1. The van der Waals surface area contributed by atoms with Gasteiger partial charge in [-0.25, -0.2) is 19.2 Å². The van der Waals surface area contributed by atoms with Gasteiger partial charge in [-0.3, -0.25) is 28.8 Å². The number of ether oxygens (including phenoxy) is 6. The van der Waals surface area contributed by atoms with Crippen LogP contribution in [-0.4, -0.2) is 134 Å². The number of phenolic OH excluding ortho intramolecular Hbond substituents is 1. The predicted octanol–water partition coefficient (Wildman–Crippen LogP) is 7.39. The Labute approximate surface area is 536 Å². The molecule has 2 aliphatic heterocycles. The molecule has 0 radical (unpaired) electrons. The number of carboxylic acid groups (broad SMARTS) is 1. The van der Waals surface area contributed by atoms with E-state index in [2.05, 4.69) is 10.6 Å². The van der Waals surface area contributed by atoms with Gasteiger partial charge in [0.05, 0.1) is 35.1 Å². The molecule has 486 valence electrons. The maximum atomic E-state index is 16.6. The number of carboxylic acids is 1. The summed E-state index contributed by atoms with van der Waals surface area (Å²) in [5, 5.41) is 53.0. The second-order valence-electron chi connectivity index (χ2n) is 24.8. The van der Waals surface area contributed by atoms with Gasteiger partial charge < -0.3 is 63.9 Å². The van der Waals surface area contributed by atoms with E-state index >= 15 is 4.79 Å². The van der Waals surface area contributed by atoms with Crippen LogP contribution in [0.4, 0.5) is 0 Å². The van der Waals surface area contributed by atoms with Crippen molar-refractivity contribution in [3.8, 4) is 28.2 Å². The molecule has 2 saturated carbocycles. The second kappa shape index (κ2) is 24.9. The Morgan fingerprint density at radius 2 is 1.33 bits per heavy atom. The lowest BCUT2D eigenvalue weighted by Crippen LogP contribution is -2.82. The molecule has 0 aromatic heterocycles. The number of aromatic carboxylic acids is 1. The molecule has 23 nitrogen and oxygen atoms in total. The van der Waals surface area contributed by atoms with Crippen LogP contribution in [0, 0.1) is 16.7 Å². The van der Waals surface area contributed by atoms with Crippen molar-refractivity contribution in [2.24, 2.45) is 16.7 Å². The molecule has 2 amide bonds. The number of aromatic hydroxyl groups is 1. The Hall–Kier alpha value is -10.4. The molecule has 6 N–H and O–H groups in total. The van der Waals surface area contributed by atoms with Gasteiger partial charge in [0.25, 0.3) is 11.8 Å². The Bertz CT molecular complexity index is 4300. The summed E-state index contributed by atoms with van der Waals surface area (Å²) in [5.41, 5.74) is -8.80. The lowest BCUT2D eigenvalue weighted by molar-refractivity contribution is -0.346. The molecule has 23 heteroatoms. The van der Waals surface area contributed by atoms with Crippen LogP contribution in [0.15, 0.2) is 166 Å². The van der Waals surface area contributed by atoms with Crippen molar-refractivity contribution >= 4 is 64.4 Å². The molecule has 3 fully saturated rings. The number of esters is 5. The van der Waals surface area contributed by atoms with E-state index in [1.54, 1.807) is 54.6 Å². The number of carbonyl (C=O) groups is 9. The van der Waals surface area contributed by atoms with E-state index < -0.39 is 155 Å². The van der Waals surface area contributed by atoms with E-state index in [-0.39, 0.29) is 56.1 Å². The number of hydrogen-bond acceptors (Lipinski definition) is 20. The van der Waals surface area contributed by atoms with E-state index in [4.69, 9.17) is 32.8 Å². The van der Waals surface area contributed by atoms with Gasteiger partial charge in [-0.2, -0.15) is 0 Å². The lowest BCUT2D eigenvalue weighted by atomic mass is 9.44. The SMILES string of the molecule is CC(=O)O[C@H]1C(=O)[C@@]2(C)[C@H]([C@H](OC(=O)c3ccccc3)[C@]3(O)C[C@H](OC(=O)[C@H](O)[C@@H](NC(=O)c4ccccc4)c4ccccc4)C(C)=C1C3(C)C)[C@]1(OC(C)=O)CO[C@@H]1C[C@H]2OC(=O)[C@H](C)NC(=O)c1ccc(-c2c3ccc(=O)cc-3oc3cc(O)ccc23)c(C(=O)O)c1. The van der Waals surface area contributed by atoms with Gasteiger partial charge in [-0.15, -0.1) is 0 Å². The van der Waals surface area contributed by atoms with Crippen molar-refractivity contribution in [1.82, 2.24) is 10.6 Å². The molecule has 1 saturated heterocycles. The molecule has 12 atom stereocenters. The number of benzene rings is 6. The zero-order chi connectivity index (χ0) is 67.5. The quantitative estimate of drug-likeness (QED) is 0.0238. The van der Waals surface area contributed by atoms with Crippen molar-refractivity contribution in [3.05, 3.63) is 195 Å². The normalized spacial score (nSPS) is 25.2. The highest BCUT2D eigenvalue weighted by atomic mass is 16.6. The smallest absolute Gasteiger partial charge is 0.338 e. The van der Waals surface area contributed by atoms with E-state index in [0.29, 0.717) is 22.1 Å². The van der Waals surface area contributed by atoms with Crippen LogP contribution in [0.2, 0.25) is 0 Å². The fourth-order valence-corrected chi connectivity index (χ4v) is 14.1. The van der Waals surface area contributed by atoms with Gasteiger partial charge in [0.1, 0.15) is 53.2 Å². The Morgan fingerprint density at radius 3 is 1.96 bits per heavy atom. The highest BCUT2D eigenvalue weighted by molar-refractivity contribution is 6.09. The summed E-state index contributed by atoms with van der Waals surface area (Å²) in [6.45, 7) is 8.59. The van der Waals surface area contributed by atoms with Crippen molar-refractivity contribution in [1.29, 1.82) is 0 Å². The van der Waals surface area contributed by atoms with Crippen LogP contribution in [0.1, 0.15) is 114 Å². The first kappa shape index (κ1) is 65.1. The molecule has 0 spiro atoms. The fraction of sp³-hybridized carbons (Fsp3) is 0.324. The summed E-state index contributed by atoms with van der Waals surface area (Å²) in [4.78, 5) is 142. The lowest BCUT2D eigenvalue weighted by Gasteiger charge is -2.67. The molecule has 5 aromatic rings. The van der Waals surface area contributed by atoms with Crippen LogP contribution in [0.5, 0.6) is 5.75 Å². The van der Waals surface area contributed by atoms with Gasteiger partial charge in [0.15, 0.2) is 29.0 Å². The second-order valence-corrected chi connectivity index (χ2v) is 24.8. The minimum atomic E-state index is -2.63. The summed E-state index contributed by atoms with van der Waals surface area (Å²) in [6.07, 6.45) is -12.2. The van der Waals surface area contributed by atoms with Crippen molar-refractivity contribution in [2.75, 3.05) is 6.61 Å². The number of fused-ring (bicyclic) bond motifs is 7. The first-order valence-corrected chi connectivity index (χ1v) is 30.2. The Morgan fingerprint density at radius 1 is 0.691 bits per heavy atom. The monoisotopic (exact) mass is 1280 g/mol. The van der Waals surface area contributed by atoms with E-state index in [9.17, 15) is 63.6 Å². The summed E-state index contributed by atoms with van der Waals surface area (Å²) in [6, 6.07) is 32.4. The average molecular weight is 1280 g/mol. The van der Waals surface area contributed by atoms with Crippen LogP contribution in [0.25, 0.3) is 33.4 Å². The summed E-state index contributed by atoms with van der Waals surface area (Å²) < 4.78 is 43.6. The molecule has 4 aliphatic carbocycles. The Kier molecular flexibility index (Phi) is 17.3. The topological polar surface area (TPSA) is 344 Å². The third-order valence-corrected chi connectivity index (χ3v) is 18.9. The first-order chi connectivity index (χ1) is 44.6. The summed E-state index contributed by atoms with van der Waals surface area (Å²) >= 11 is 0. The largest absolute Gasteiger partial charge is 0.508 e. The highest BCUT2D eigenvalue weighted by Crippen LogP contribution is 2.65. The molecule has 5 aromatic carbocycles. The third kappa shape index (κ3) is 11.4. The maximum Gasteiger partial charge on any atom is 0.338 e. The van der Waals surface area contributed by atoms with Crippen LogP contribution in [0.3, 0.4) is 0 Å². The number of hydrogen-bond donors (Lipinski definition) is 6. The molecule has 94 heavy (non-hydrogen) atoms. The Balaban J connectivity index is 0.985. The van der Waals surface area contributed by atoms with E-state index in [1.165, 1.54) is 120 Å². The summed E-state index contributed by atoms with van der Waals surface area (Å²) in [5.74, 6) is -11.6. The molecular weight excluding hydrogens is 1220 g/mol. The third-order valence-electron chi connectivity index (χ3n) is 18.9. The van der Waals surface area contributed by atoms with Gasteiger partial charge in [0, 0.05) is 71.9 Å². The molecule has 2 heterocycles. The minimum absolute atomic E-state index is 0.0352. The summed E-state index contributed by atoms with van der Waals surface area (Å²) in [7, 11) is 0. The van der Waals surface area contributed by atoms with Crippen molar-refractivity contribution in [2.45, 2.75) is 121 Å². The van der Waals surface area contributed by atoms with Gasteiger partial charge in [-0.1, -0.05) is 86.6 Å². The van der Waals surface area contributed by atoms with Gasteiger partial charge in [-0.05, 0) is 104 Å². The van der Waals surface area contributed by atoms with Crippen LogP contribution in [-0.2, 0) is 52.4 Å². The number of ketones is 1. The molecule has 2 bridgehead atoms. The number of Topliss-reactive ketones (excluding diaryl/α,β-unsaturated/α-hetero) is 1.